The van der Waals surface area contributed by atoms with Gasteiger partial charge in [0.2, 0.25) is 5.89 Å². The molecule has 3 aromatic rings. The van der Waals surface area contributed by atoms with Gasteiger partial charge in [-0.15, -0.1) is 0 Å². The van der Waals surface area contributed by atoms with Crippen molar-refractivity contribution in [1.29, 1.82) is 0 Å². The first-order chi connectivity index (χ1) is 12.2. The number of piperazine rings is 1. The molecule has 0 bridgehead atoms. The summed E-state index contributed by atoms with van der Waals surface area (Å²) in [5, 5.41) is 0. The lowest BCUT2D eigenvalue weighted by Gasteiger charge is -2.32. The summed E-state index contributed by atoms with van der Waals surface area (Å²) in [6.07, 6.45) is 4.40. The Labute approximate surface area is 146 Å². The van der Waals surface area contributed by atoms with Gasteiger partial charge < -0.3 is 13.7 Å². The largest absolute Gasteiger partial charge is 0.444 e. The minimum atomic E-state index is 0.626. The Bertz CT molecular complexity index is 888. The van der Waals surface area contributed by atoms with Crippen LogP contribution in [0.25, 0.3) is 11.1 Å². The topological polar surface area (TPSA) is 58.5 Å². The summed E-state index contributed by atoms with van der Waals surface area (Å²) >= 11 is 0. The molecule has 2 fully saturated rings. The summed E-state index contributed by atoms with van der Waals surface area (Å²) in [5.74, 6) is 2.53. The van der Waals surface area contributed by atoms with Crippen LogP contribution >= 0.6 is 0 Å². The molecule has 1 saturated heterocycles. The van der Waals surface area contributed by atoms with Gasteiger partial charge in [0, 0.05) is 32.1 Å². The van der Waals surface area contributed by atoms with Crippen LogP contribution in [0.4, 0.5) is 6.01 Å². The van der Waals surface area contributed by atoms with Crippen LogP contribution < -0.4 is 4.90 Å². The minimum Gasteiger partial charge on any atom is -0.444 e. The first kappa shape index (κ1) is 15.0. The molecule has 6 nitrogen and oxygen atoms in total. The Morgan fingerprint density at radius 3 is 2.76 bits per heavy atom. The Balaban J connectivity index is 1.22. The average Bonchev–Trinajstić information content (AvgIpc) is 3.22. The van der Waals surface area contributed by atoms with Crippen LogP contribution in [0.15, 0.2) is 33.2 Å². The first-order valence-corrected chi connectivity index (χ1v) is 9.04. The fourth-order valence-corrected chi connectivity index (χ4v) is 3.40. The fraction of sp³-hybridized carbons (Fsp3) is 0.474. The summed E-state index contributed by atoms with van der Waals surface area (Å²) < 4.78 is 11.8. The summed E-state index contributed by atoms with van der Waals surface area (Å²) in [7, 11) is 0. The molecule has 3 heterocycles. The second-order valence-electron chi connectivity index (χ2n) is 7.16. The predicted molar refractivity (Wildman–Crippen MR) is 94.7 cm³/mol. The van der Waals surface area contributed by atoms with Gasteiger partial charge in [0.25, 0.3) is 6.01 Å². The molecular weight excluding hydrogens is 316 g/mol. The second-order valence-corrected chi connectivity index (χ2v) is 7.16. The van der Waals surface area contributed by atoms with Gasteiger partial charge in [-0.2, -0.15) is 4.98 Å². The van der Waals surface area contributed by atoms with Crippen molar-refractivity contribution >= 4 is 17.1 Å². The third-order valence-corrected chi connectivity index (χ3v) is 5.08. The van der Waals surface area contributed by atoms with Gasteiger partial charge >= 0.3 is 0 Å². The van der Waals surface area contributed by atoms with Crippen LogP contribution in [-0.4, -0.2) is 41.0 Å². The lowest BCUT2D eigenvalue weighted by Crippen LogP contribution is -2.46. The molecule has 1 aromatic carbocycles. The zero-order chi connectivity index (χ0) is 16.8. The van der Waals surface area contributed by atoms with Crippen molar-refractivity contribution in [3.05, 3.63) is 41.6 Å². The van der Waals surface area contributed by atoms with E-state index in [1.54, 1.807) is 0 Å². The van der Waals surface area contributed by atoms with E-state index in [-0.39, 0.29) is 0 Å². The molecule has 0 unspecified atom stereocenters. The van der Waals surface area contributed by atoms with Gasteiger partial charge in [0.05, 0.1) is 12.7 Å². The van der Waals surface area contributed by atoms with Crippen LogP contribution in [0, 0.1) is 6.92 Å². The standard InChI is InChI=1S/C19H22N4O2/c1-13-2-5-16-15(10-13)21-19(25-16)23-8-6-22(7-9-23)12-18-20-11-17(24-18)14-3-4-14/h2,5,10-11,14H,3-4,6-9,12H2,1H3. The van der Waals surface area contributed by atoms with Gasteiger partial charge in [0.15, 0.2) is 5.58 Å². The molecule has 2 aliphatic rings. The van der Waals surface area contributed by atoms with Crippen molar-refractivity contribution in [2.45, 2.75) is 32.2 Å². The van der Waals surface area contributed by atoms with E-state index >= 15 is 0 Å². The van der Waals surface area contributed by atoms with Crippen LogP contribution in [-0.2, 0) is 6.54 Å². The third-order valence-electron chi connectivity index (χ3n) is 5.08. The maximum Gasteiger partial charge on any atom is 0.298 e. The molecule has 130 valence electrons. The summed E-state index contributed by atoms with van der Waals surface area (Å²) in [6.45, 7) is 6.58. The van der Waals surface area contributed by atoms with E-state index in [0.29, 0.717) is 5.92 Å². The highest BCUT2D eigenvalue weighted by molar-refractivity contribution is 5.75. The molecule has 2 aromatic heterocycles. The normalized spacial score (nSPS) is 19.0. The molecule has 0 atom stereocenters. The monoisotopic (exact) mass is 338 g/mol. The second kappa shape index (κ2) is 5.88. The van der Waals surface area contributed by atoms with Gasteiger partial charge in [-0.05, 0) is 37.5 Å². The maximum absolute atomic E-state index is 5.92. The van der Waals surface area contributed by atoms with Gasteiger partial charge in [-0.1, -0.05) is 6.07 Å². The molecule has 0 spiro atoms. The molecule has 1 aliphatic heterocycles. The van der Waals surface area contributed by atoms with Gasteiger partial charge in [-0.3, -0.25) is 4.90 Å². The van der Waals surface area contributed by atoms with E-state index in [2.05, 4.69) is 38.8 Å². The van der Waals surface area contributed by atoms with Crippen LogP contribution in [0.2, 0.25) is 0 Å². The zero-order valence-electron chi connectivity index (χ0n) is 14.4. The number of aryl methyl sites for hydroxylation is 1. The van der Waals surface area contributed by atoms with Crippen molar-refractivity contribution in [3.8, 4) is 0 Å². The smallest absolute Gasteiger partial charge is 0.298 e. The molecule has 0 N–H and O–H groups in total. The first-order valence-electron chi connectivity index (χ1n) is 9.04. The molecule has 6 heteroatoms. The highest BCUT2D eigenvalue weighted by atomic mass is 16.4. The number of oxazole rings is 2. The van der Waals surface area contributed by atoms with E-state index in [9.17, 15) is 0 Å². The Morgan fingerprint density at radius 2 is 1.96 bits per heavy atom. The lowest BCUT2D eigenvalue weighted by atomic mass is 10.2. The number of anilines is 1. The highest BCUT2D eigenvalue weighted by Gasteiger charge is 2.28. The number of nitrogens with zero attached hydrogens (tertiary/aromatic N) is 4. The van der Waals surface area contributed by atoms with Crippen molar-refractivity contribution in [2.24, 2.45) is 0 Å². The van der Waals surface area contributed by atoms with Gasteiger partial charge in [-0.25, -0.2) is 4.98 Å². The van der Waals surface area contributed by atoms with E-state index < -0.39 is 0 Å². The third kappa shape index (κ3) is 3.02. The predicted octanol–water partition coefficient (Wildman–Crippen LogP) is 3.32. The van der Waals surface area contributed by atoms with E-state index in [4.69, 9.17) is 8.83 Å². The Kier molecular flexibility index (Phi) is 3.52. The number of fused-ring (bicyclic) bond motifs is 1. The summed E-state index contributed by atoms with van der Waals surface area (Å²) in [6, 6.07) is 6.85. The molecule has 5 rings (SSSR count). The van der Waals surface area contributed by atoms with Crippen molar-refractivity contribution in [3.63, 3.8) is 0 Å². The van der Waals surface area contributed by atoms with Crippen molar-refractivity contribution in [2.75, 3.05) is 31.1 Å². The highest BCUT2D eigenvalue weighted by Crippen LogP contribution is 2.40. The number of benzene rings is 1. The average molecular weight is 338 g/mol. The van der Waals surface area contributed by atoms with Crippen molar-refractivity contribution < 1.29 is 8.83 Å². The molecule has 1 aliphatic carbocycles. The molecular formula is C19H22N4O2. The minimum absolute atomic E-state index is 0.626. The number of rotatable bonds is 4. The van der Waals surface area contributed by atoms with Crippen molar-refractivity contribution in [1.82, 2.24) is 14.9 Å². The molecule has 1 saturated carbocycles. The number of hydrogen-bond acceptors (Lipinski definition) is 6. The van der Waals surface area contributed by atoms with Crippen LogP contribution in [0.5, 0.6) is 0 Å². The van der Waals surface area contributed by atoms with E-state index in [1.807, 2.05) is 12.3 Å². The van der Waals surface area contributed by atoms with Crippen LogP contribution in [0.1, 0.15) is 36.0 Å². The van der Waals surface area contributed by atoms with E-state index in [0.717, 1.165) is 61.5 Å². The lowest BCUT2D eigenvalue weighted by molar-refractivity contribution is 0.221. The molecule has 25 heavy (non-hydrogen) atoms. The quantitative estimate of drug-likeness (QED) is 0.727. The van der Waals surface area contributed by atoms with Crippen LogP contribution in [0.3, 0.4) is 0 Å². The molecule has 0 radical (unpaired) electrons. The Morgan fingerprint density at radius 1 is 1.12 bits per heavy atom. The van der Waals surface area contributed by atoms with Gasteiger partial charge in [0.1, 0.15) is 11.3 Å². The number of aromatic nitrogens is 2. The summed E-state index contributed by atoms with van der Waals surface area (Å²) in [5.41, 5.74) is 2.99. The maximum atomic E-state index is 5.92. The Hall–Kier alpha value is -2.34. The van der Waals surface area contributed by atoms with E-state index in [1.165, 1.54) is 18.4 Å². The zero-order valence-corrected chi connectivity index (χ0v) is 14.4. The number of hydrogen-bond donors (Lipinski definition) is 0. The summed E-state index contributed by atoms with van der Waals surface area (Å²) in [4.78, 5) is 13.7. The SMILES string of the molecule is Cc1ccc2oc(N3CCN(Cc4ncc(C5CC5)o4)CC3)nc2c1. The molecule has 0 amide bonds. The fourth-order valence-electron chi connectivity index (χ4n) is 3.40.